The van der Waals surface area contributed by atoms with Crippen molar-refractivity contribution in [1.82, 2.24) is 15.2 Å². The van der Waals surface area contributed by atoms with Gasteiger partial charge in [0, 0.05) is 43.2 Å². The van der Waals surface area contributed by atoms with Crippen molar-refractivity contribution in [3.8, 4) is 11.1 Å². The molecule has 0 aliphatic heterocycles. The summed E-state index contributed by atoms with van der Waals surface area (Å²) in [6, 6.07) is 26.1. The molecule has 0 saturated carbocycles. The molecular weight excluding hydrogens is 514 g/mol. The fourth-order valence-corrected chi connectivity index (χ4v) is 4.59. The molecule has 7 nitrogen and oxygen atoms in total. The summed E-state index contributed by atoms with van der Waals surface area (Å²) >= 11 is 0. The van der Waals surface area contributed by atoms with Crippen molar-refractivity contribution < 1.29 is 19.5 Å². The zero-order chi connectivity index (χ0) is 29.4. The first-order valence-corrected chi connectivity index (χ1v) is 13.6. The van der Waals surface area contributed by atoms with Crippen LogP contribution in [0.3, 0.4) is 0 Å². The van der Waals surface area contributed by atoms with E-state index in [0.29, 0.717) is 28.8 Å². The number of hydrogen-bond donors (Lipinski definition) is 2. The molecule has 2 amide bonds. The summed E-state index contributed by atoms with van der Waals surface area (Å²) in [4.78, 5) is 44.2. The largest absolute Gasteiger partial charge is 0.481 e. The van der Waals surface area contributed by atoms with Crippen LogP contribution in [0.1, 0.15) is 64.6 Å². The Bertz CT molecular complexity index is 1510. The van der Waals surface area contributed by atoms with E-state index in [1.54, 1.807) is 42.7 Å². The van der Waals surface area contributed by atoms with Gasteiger partial charge in [0.2, 0.25) is 0 Å². The van der Waals surface area contributed by atoms with Gasteiger partial charge in [-0.25, -0.2) is 0 Å². The first-order valence-electron chi connectivity index (χ1n) is 13.6. The van der Waals surface area contributed by atoms with E-state index < -0.39 is 5.97 Å². The minimum atomic E-state index is -0.989. The third kappa shape index (κ3) is 7.66. The van der Waals surface area contributed by atoms with Gasteiger partial charge in [-0.3, -0.25) is 19.4 Å². The molecule has 3 aromatic carbocycles. The number of carbonyl (C=O) groups excluding carboxylic acids is 2. The Labute approximate surface area is 240 Å². The van der Waals surface area contributed by atoms with Crippen LogP contribution in [0.4, 0.5) is 0 Å². The minimum Gasteiger partial charge on any atom is -0.481 e. The number of carboxylic acids is 1. The smallest absolute Gasteiger partial charge is 0.305 e. The molecule has 1 aromatic heterocycles. The molecule has 0 spiro atoms. The Hall–Kier alpha value is -4.78. The van der Waals surface area contributed by atoms with E-state index in [0.717, 1.165) is 11.1 Å². The van der Waals surface area contributed by atoms with E-state index >= 15 is 0 Å². The number of aliphatic carboxylic acids is 1. The molecule has 0 aliphatic carbocycles. The van der Waals surface area contributed by atoms with Crippen molar-refractivity contribution >= 4 is 17.8 Å². The van der Waals surface area contributed by atoms with Gasteiger partial charge in [-0.15, -0.1) is 0 Å². The summed E-state index contributed by atoms with van der Waals surface area (Å²) in [7, 11) is 0. The van der Waals surface area contributed by atoms with Gasteiger partial charge in [-0.1, -0.05) is 87.5 Å². The molecule has 4 aromatic rings. The molecule has 0 radical (unpaired) electrons. The fourth-order valence-electron chi connectivity index (χ4n) is 4.59. The van der Waals surface area contributed by atoms with Gasteiger partial charge < -0.3 is 15.3 Å². The Balaban J connectivity index is 1.60. The second-order valence-electron chi connectivity index (χ2n) is 11.0. The van der Waals surface area contributed by atoms with Crippen LogP contribution < -0.4 is 5.32 Å². The molecule has 4 rings (SSSR count). The highest BCUT2D eigenvalue weighted by molar-refractivity contribution is 6.06. The lowest BCUT2D eigenvalue weighted by Crippen LogP contribution is -2.33. The number of amides is 2. The highest BCUT2D eigenvalue weighted by Gasteiger charge is 2.23. The van der Waals surface area contributed by atoms with Crippen LogP contribution in [-0.4, -0.2) is 39.3 Å². The Morgan fingerprint density at radius 1 is 0.805 bits per heavy atom. The molecular formula is C34H35N3O4. The number of pyridine rings is 1. The number of hydrogen-bond acceptors (Lipinski definition) is 4. The molecule has 0 aliphatic rings. The molecule has 0 atom stereocenters. The van der Waals surface area contributed by atoms with Crippen LogP contribution in [-0.2, 0) is 23.3 Å². The van der Waals surface area contributed by atoms with Crippen molar-refractivity contribution in [2.75, 3.05) is 6.54 Å². The van der Waals surface area contributed by atoms with E-state index in [1.165, 1.54) is 10.5 Å². The average Bonchev–Trinajstić information content (AvgIpc) is 2.98. The van der Waals surface area contributed by atoms with E-state index in [4.69, 9.17) is 0 Å². The van der Waals surface area contributed by atoms with Crippen molar-refractivity contribution in [3.05, 3.63) is 125 Å². The molecule has 41 heavy (non-hydrogen) atoms. The molecule has 1 heterocycles. The standard InChI is InChI=1S/C34H35N3O4/c1-34(2,3)26-16-14-24(15-17-26)22-36-32(40)29-12-6-4-10-27(29)28-11-5-7-13-30(28)33(41)37(20-18-31(38)39)23-25-9-8-19-35-21-25/h4-17,19,21H,18,20,22-23H2,1-3H3,(H,36,40)(H,38,39). The number of nitrogens with one attached hydrogen (secondary N) is 1. The minimum absolute atomic E-state index is 0.0352. The number of benzene rings is 3. The molecule has 0 fully saturated rings. The first kappa shape index (κ1) is 29.2. The lowest BCUT2D eigenvalue weighted by Gasteiger charge is -2.24. The molecule has 2 N–H and O–H groups in total. The molecule has 210 valence electrons. The number of nitrogens with zero attached hydrogens (tertiary/aromatic N) is 2. The van der Waals surface area contributed by atoms with Crippen LogP contribution in [0, 0.1) is 0 Å². The lowest BCUT2D eigenvalue weighted by molar-refractivity contribution is -0.137. The van der Waals surface area contributed by atoms with Crippen LogP contribution in [0.5, 0.6) is 0 Å². The maximum absolute atomic E-state index is 13.9. The topological polar surface area (TPSA) is 99.6 Å². The molecule has 7 heteroatoms. The second kappa shape index (κ2) is 13.0. The van der Waals surface area contributed by atoms with Crippen molar-refractivity contribution in [2.45, 2.75) is 45.7 Å². The van der Waals surface area contributed by atoms with Crippen LogP contribution in [0.25, 0.3) is 11.1 Å². The SMILES string of the molecule is CC(C)(C)c1ccc(CNC(=O)c2ccccc2-c2ccccc2C(=O)N(CCC(=O)O)Cc2cccnc2)cc1. The van der Waals surface area contributed by atoms with Gasteiger partial charge in [-0.05, 0) is 51.4 Å². The quantitative estimate of drug-likeness (QED) is 0.249. The third-order valence-corrected chi connectivity index (χ3v) is 6.87. The van der Waals surface area contributed by atoms with Crippen LogP contribution in [0.15, 0.2) is 97.3 Å². The summed E-state index contributed by atoms with van der Waals surface area (Å²) < 4.78 is 0. The maximum Gasteiger partial charge on any atom is 0.305 e. The summed E-state index contributed by atoms with van der Waals surface area (Å²) in [6.07, 6.45) is 3.11. The normalized spacial score (nSPS) is 11.1. The Kier molecular flexibility index (Phi) is 9.30. The maximum atomic E-state index is 13.9. The average molecular weight is 550 g/mol. The molecule has 0 saturated heterocycles. The van der Waals surface area contributed by atoms with Gasteiger partial charge in [0.1, 0.15) is 0 Å². The zero-order valence-electron chi connectivity index (χ0n) is 23.6. The van der Waals surface area contributed by atoms with Crippen molar-refractivity contribution in [2.24, 2.45) is 0 Å². The Morgan fingerprint density at radius 3 is 2.05 bits per heavy atom. The predicted octanol–water partition coefficient (Wildman–Crippen LogP) is 6.09. The van der Waals surface area contributed by atoms with E-state index in [-0.39, 0.29) is 36.7 Å². The number of carboxylic acid groups (broad SMARTS) is 1. The van der Waals surface area contributed by atoms with Gasteiger partial charge in [0.15, 0.2) is 0 Å². The van der Waals surface area contributed by atoms with Gasteiger partial charge in [-0.2, -0.15) is 0 Å². The zero-order valence-corrected chi connectivity index (χ0v) is 23.6. The number of carbonyl (C=O) groups is 3. The monoisotopic (exact) mass is 549 g/mol. The van der Waals surface area contributed by atoms with Gasteiger partial charge >= 0.3 is 5.97 Å². The number of rotatable bonds is 10. The van der Waals surface area contributed by atoms with Crippen LogP contribution in [0.2, 0.25) is 0 Å². The van der Waals surface area contributed by atoms with Crippen molar-refractivity contribution in [3.63, 3.8) is 0 Å². The van der Waals surface area contributed by atoms with Crippen LogP contribution >= 0.6 is 0 Å². The highest BCUT2D eigenvalue weighted by Crippen LogP contribution is 2.29. The van der Waals surface area contributed by atoms with E-state index in [2.05, 4.69) is 43.2 Å². The summed E-state index contributed by atoms with van der Waals surface area (Å²) in [5.41, 5.74) is 5.11. The molecule has 0 unspecified atom stereocenters. The number of aromatic nitrogens is 1. The summed E-state index contributed by atoms with van der Waals surface area (Å²) in [6.45, 7) is 7.10. The van der Waals surface area contributed by atoms with E-state index in [9.17, 15) is 19.5 Å². The first-order chi connectivity index (χ1) is 19.6. The predicted molar refractivity (Wildman–Crippen MR) is 159 cm³/mol. The van der Waals surface area contributed by atoms with Gasteiger partial charge in [0.05, 0.1) is 6.42 Å². The van der Waals surface area contributed by atoms with Gasteiger partial charge in [0.25, 0.3) is 11.8 Å². The van der Waals surface area contributed by atoms with E-state index in [1.807, 2.05) is 42.5 Å². The summed E-state index contributed by atoms with van der Waals surface area (Å²) in [5.74, 6) is -1.56. The van der Waals surface area contributed by atoms with Crippen molar-refractivity contribution in [1.29, 1.82) is 0 Å². The third-order valence-electron chi connectivity index (χ3n) is 6.87. The lowest BCUT2D eigenvalue weighted by atomic mass is 9.87. The Morgan fingerprint density at radius 2 is 1.44 bits per heavy atom. The molecule has 0 bridgehead atoms. The summed E-state index contributed by atoms with van der Waals surface area (Å²) in [5, 5.41) is 12.3. The highest BCUT2D eigenvalue weighted by atomic mass is 16.4. The second-order valence-corrected chi connectivity index (χ2v) is 11.0. The fraction of sp³-hybridized carbons (Fsp3) is 0.235.